The van der Waals surface area contributed by atoms with Gasteiger partial charge in [0.2, 0.25) is 0 Å². The van der Waals surface area contributed by atoms with E-state index in [0.717, 1.165) is 38.7 Å². The third-order valence-electron chi connectivity index (χ3n) is 4.07. The molecular formula is C18H29ClIN3O2. The molecule has 5 nitrogen and oxygen atoms in total. The monoisotopic (exact) mass is 481 g/mol. The fraction of sp³-hybridized carbons (Fsp3) is 0.611. The minimum Gasteiger partial charge on any atom is -0.487 e. The van der Waals surface area contributed by atoms with Gasteiger partial charge in [-0.1, -0.05) is 23.7 Å². The first-order valence-corrected chi connectivity index (χ1v) is 8.96. The lowest BCUT2D eigenvalue weighted by Crippen LogP contribution is -2.43. The third kappa shape index (κ3) is 7.19. The Morgan fingerprint density at radius 3 is 2.88 bits per heavy atom. The molecule has 1 aliphatic heterocycles. The second kappa shape index (κ2) is 11.8. The Kier molecular flexibility index (Phi) is 10.5. The SMILES string of the molecule is CCOCC1CCN(C(=NC)NCC(C)Oc2ccccc2Cl)C1.I. The van der Waals surface area contributed by atoms with Crippen LogP contribution in [0.1, 0.15) is 20.3 Å². The normalized spacial score (nSPS) is 18.6. The number of aliphatic imine (C=N–C) groups is 1. The number of likely N-dealkylation sites (tertiary alicyclic amines) is 1. The average molecular weight is 482 g/mol. The Morgan fingerprint density at radius 1 is 1.44 bits per heavy atom. The van der Waals surface area contributed by atoms with Gasteiger partial charge in [0, 0.05) is 32.7 Å². The van der Waals surface area contributed by atoms with E-state index in [2.05, 4.69) is 15.2 Å². The van der Waals surface area contributed by atoms with Crippen LogP contribution < -0.4 is 10.1 Å². The van der Waals surface area contributed by atoms with Gasteiger partial charge in [0.1, 0.15) is 11.9 Å². The van der Waals surface area contributed by atoms with E-state index in [1.807, 2.05) is 45.2 Å². The van der Waals surface area contributed by atoms with Crippen LogP contribution in [0.3, 0.4) is 0 Å². The summed E-state index contributed by atoms with van der Waals surface area (Å²) in [6, 6.07) is 7.53. The molecule has 1 saturated heterocycles. The van der Waals surface area contributed by atoms with E-state index in [0.29, 0.717) is 23.2 Å². The molecule has 2 unspecified atom stereocenters. The van der Waals surface area contributed by atoms with E-state index in [9.17, 15) is 0 Å². The lowest BCUT2D eigenvalue weighted by atomic mass is 10.1. The number of guanidine groups is 1. The van der Waals surface area contributed by atoms with Crippen molar-refractivity contribution in [1.82, 2.24) is 10.2 Å². The van der Waals surface area contributed by atoms with Crippen molar-refractivity contribution in [1.29, 1.82) is 0 Å². The predicted octanol–water partition coefficient (Wildman–Crippen LogP) is 3.66. The summed E-state index contributed by atoms with van der Waals surface area (Å²) in [5, 5.41) is 4.03. The van der Waals surface area contributed by atoms with Crippen LogP contribution in [0.2, 0.25) is 5.02 Å². The van der Waals surface area contributed by atoms with Gasteiger partial charge in [-0.25, -0.2) is 0 Å². The number of para-hydroxylation sites is 1. The number of nitrogens with one attached hydrogen (secondary N) is 1. The minimum absolute atomic E-state index is 0. The van der Waals surface area contributed by atoms with Crippen LogP contribution in [-0.2, 0) is 4.74 Å². The maximum atomic E-state index is 6.13. The second-order valence-corrected chi connectivity index (χ2v) is 6.45. The van der Waals surface area contributed by atoms with E-state index < -0.39 is 0 Å². The van der Waals surface area contributed by atoms with Gasteiger partial charge >= 0.3 is 0 Å². The molecule has 0 saturated carbocycles. The standard InChI is InChI=1S/C18H28ClN3O2.HI/c1-4-23-13-15-9-10-22(12-15)18(20-3)21-11-14(2)24-17-8-6-5-7-16(17)19;/h5-8,14-15H,4,9-13H2,1-3H3,(H,20,21);1H. The Hall–Kier alpha value is -0.730. The highest BCUT2D eigenvalue weighted by atomic mass is 127. The molecule has 0 bridgehead atoms. The predicted molar refractivity (Wildman–Crippen MR) is 114 cm³/mol. The smallest absolute Gasteiger partial charge is 0.193 e. The molecule has 1 fully saturated rings. The zero-order chi connectivity index (χ0) is 17.4. The first-order chi connectivity index (χ1) is 11.6. The first-order valence-electron chi connectivity index (χ1n) is 8.58. The molecular weight excluding hydrogens is 453 g/mol. The van der Waals surface area contributed by atoms with Crippen LogP contribution >= 0.6 is 35.6 Å². The largest absolute Gasteiger partial charge is 0.487 e. The lowest BCUT2D eigenvalue weighted by Gasteiger charge is -2.24. The van der Waals surface area contributed by atoms with Crippen LogP contribution in [0.25, 0.3) is 0 Å². The van der Waals surface area contributed by atoms with Gasteiger partial charge in [0.25, 0.3) is 0 Å². The molecule has 1 heterocycles. The molecule has 0 radical (unpaired) electrons. The van der Waals surface area contributed by atoms with Crippen molar-refractivity contribution in [3.63, 3.8) is 0 Å². The Bertz CT molecular complexity index is 545. The van der Waals surface area contributed by atoms with Crippen LogP contribution in [0, 0.1) is 5.92 Å². The van der Waals surface area contributed by atoms with Crippen molar-refractivity contribution in [2.45, 2.75) is 26.4 Å². The number of rotatable bonds is 7. The first kappa shape index (κ1) is 22.3. The van der Waals surface area contributed by atoms with Crippen LogP contribution in [0.4, 0.5) is 0 Å². The molecule has 1 aromatic carbocycles. The fourth-order valence-electron chi connectivity index (χ4n) is 2.81. The van der Waals surface area contributed by atoms with Gasteiger partial charge in [-0.15, -0.1) is 24.0 Å². The van der Waals surface area contributed by atoms with Gasteiger partial charge in [0.15, 0.2) is 5.96 Å². The molecule has 0 aliphatic carbocycles. The quantitative estimate of drug-likeness (QED) is 0.367. The maximum absolute atomic E-state index is 6.13. The zero-order valence-corrected chi connectivity index (χ0v) is 18.3. The Morgan fingerprint density at radius 2 is 2.20 bits per heavy atom. The molecule has 1 aliphatic rings. The molecule has 1 aromatic rings. The third-order valence-corrected chi connectivity index (χ3v) is 4.38. The summed E-state index contributed by atoms with van der Waals surface area (Å²) >= 11 is 6.13. The summed E-state index contributed by atoms with van der Waals surface area (Å²) in [5.41, 5.74) is 0. The molecule has 1 N–H and O–H groups in total. The molecule has 2 atom stereocenters. The highest BCUT2D eigenvalue weighted by Gasteiger charge is 2.25. The van der Waals surface area contributed by atoms with Crippen molar-refractivity contribution >= 4 is 41.5 Å². The van der Waals surface area contributed by atoms with Gasteiger partial charge in [-0.3, -0.25) is 4.99 Å². The topological polar surface area (TPSA) is 46.1 Å². The molecule has 0 spiro atoms. The fourth-order valence-corrected chi connectivity index (χ4v) is 2.99. The van der Waals surface area contributed by atoms with E-state index in [4.69, 9.17) is 21.1 Å². The average Bonchev–Trinajstić information content (AvgIpc) is 3.04. The Balaban J connectivity index is 0.00000312. The molecule has 2 rings (SSSR count). The molecule has 7 heteroatoms. The number of ether oxygens (including phenoxy) is 2. The van der Waals surface area contributed by atoms with E-state index >= 15 is 0 Å². The second-order valence-electron chi connectivity index (χ2n) is 6.05. The lowest BCUT2D eigenvalue weighted by molar-refractivity contribution is 0.114. The van der Waals surface area contributed by atoms with Gasteiger partial charge in [-0.2, -0.15) is 0 Å². The van der Waals surface area contributed by atoms with Crippen molar-refractivity contribution < 1.29 is 9.47 Å². The van der Waals surface area contributed by atoms with Crippen LogP contribution in [-0.4, -0.2) is 56.9 Å². The van der Waals surface area contributed by atoms with Crippen molar-refractivity contribution in [2.24, 2.45) is 10.9 Å². The van der Waals surface area contributed by atoms with Crippen molar-refractivity contribution in [3.8, 4) is 5.75 Å². The summed E-state index contributed by atoms with van der Waals surface area (Å²) in [6.07, 6.45) is 1.13. The summed E-state index contributed by atoms with van der Waals surface area (Å²) in [7, 11) is 1.82. The number of benzene rings is 1. The zero-order valence-electron chi connectivity index (χ0n) is 15.2. The summed E-state index contributed by atoms with van der Waals surface area (Å²) in [4.78, 5) is 6.67. The van der Waals surface area contributed by atoms with E-state index in [1.54, 1.807) is 0 Å². The number of halogens is 2. The molecule has 142 valence electrons. The number of hydrogen-bond acceptors (Lipinski definition) is 3. The van der Waals surface area contributed by atoms with Crippen LogP contribution in [0.15, 0.2) is 29.3 Å². The summed E-state index contributed by atoms with van der Waals surface area (Å²) in [6.45, 7) is 8.33. The number of hydrogen-bond donors (Lipinski definition) is 1. The maximum Gasteiger partial charge on any atom is 0.193 e. The summed E-state index contributed by atoms with van der Waals surface area (Å²) in [5.74, 6) is 2.21. The van der Waals surface area contributed by atoms with Gasteiger partial charge in [0.05, 0.1) is 18.2 Å². The number of nitrogens with zero attached hydrogens (tertiary/aromatic N) is 2. The highest BCUT2D eigenvalue weighted by molar-refractivity contribution is 14.0. The van der Waals surface area contributed by atoms with Gasteiger partial charge < -0.3 is 19.7 Å². The highest BCUT2D eigenvalue weighted by Crippen LogP contribution is 2.24. The summed E-state index contributed by atoms with van der Waals surface area (Å²) < 4.78 is 11.4. The minimum atomic E-state index is -0.0107. The molecule has 25 heavy (non-hydrogen) atoms. The van der Waals surface area contributed by atoms with Gasteiger partial charge in [-0.05, 0) is 32.4 Å². The van der Waals surface area contributed by atoms with E-state index in [1.165, 1.54) is 0 Å². The molecule has 0 amide bonds. The van der Waals surface area contributed by atoms with Crippen molar-refractivity contribution in [2.75, 3.05) is 39.9 Å². The van der Waals surface area contributed by atoms with Crippen LogP contribution in [0.5, 0.6) is 5.75 Å². The van der Waals surface area contributed by atoms with E-state index in [-0.39, 0.29) is 30.1 Å². The van der Waals surface area contributed by atoms with Crippen molar-refractivity contribution in [3.05, 3.63) is 29.3 Å². The molecule has 0 aromatic heterocycles. The Labute approximate surface area is 173 Å².